The van der Waals surface area contributed by atoms with Gasteiger partial charge in [0, 0.05) is 10.9 Å². The monoisotopic (exact) mass is 301 g/mol. The summed E-state index contributed by atoms with van der Waals surface area (Å²) in [6.07, 6.45) is 1.87. The topological polar surface area (TPSA) is 12.9 Å². The zero-order valence-electron chi connectivity index (χ0n) is 12.0. The maximum atomic E-state index is 4.60. The molecule has 0 aliphatic rings. The lowest BCUT2D eigenvalue weighted by molar-refractivity contribution is 0.921. The Kier molecular flexibility index (Phi) is 3.45. The van der Waals surface area contributed by atoms with Gasteiger partial charge in [0.1, 0.15) is 0 Å². The summed E-state index contributed by atoms with van der Waals surface area (Å²) >= 11 is 1.79. The van der Waals surface area contributed by atoms with Gasteiger partial charge in [0.25, 0.3) is 0 Å². The zero-order valence-corrected chi connectivity index (χ0v) is 12.8. The second-order valence-corrected chi connectivity index (χ2v) is 6.26. The van der Waals surface area contributed by atoms with Gasteiger partial charge in [0.15, 0.2) is 0 Å². The molecule has 0 fully saturated rings. The molecular weight excluding hydrogens is 286 g/mol. The van der Waals surface area contributed by atoms with Gasteiger partial charge in [-0.25, -0.2) is 0 Å². The predicted molar refractivity (Wildman–Crippen MR) is 93.4 cm³/mol. The van der Waals surface area contributed by atoms with Gasteiger partial charge in [-0.2, -0.15) is 0 Å². The molecule has 0 amide bonds. The van der Waals surface area contributed by atoms with Gasteiger partial charge in [-0.05, 0) is 46.2 Å². The van der Waals surface area contributed by atoms with Crippen LogP contribution in [0.15, 0.2) is 84.4 Å². The van der Waals surface area contributed by atoms with Crippen molar-refractivity contribution in [3.05, 3.63) is 101 Å². The lowest BCUT2D eigenvalue weighted by atomic mass is 9.88. The fraction of sp³-hybridized carbons (Fsp3) is 0.0500. The summed E-state index contributed by atoms with van der Waals surface area (Å²) in [6, 6.07) is 25.6. The molecule has 0 N–H and O–H groups in total. The van der Waals surface area contributed by atoms with Crippen molar-refractivity contribution < 1.29 is 0 Å². The molecule has 0 aliphatic heterocycles. The Labute approximate surface area is 133 Å². The molecule has 0 spiro atoms. The Morgan fingerprint density at radius 1 is 0.773 bits per heavy atom. The number of fused-ring (bicyclic) bond motifs is 1. The molecule has 0 radical (unpaired) electrons. The molecule has 1 unspecified atom stereocenters. The SMILES string of the molecule is c1ccc(C(c2ccc3ccsc3c2)c2ccccn2)cc1. The van der Waals surface area contributed by atoms with Crippen LogP contribution in [-0.4, -0.2) is 4.98 Å². The minimum atomic E-state index is 0.175. The van der Waals surface area contributed by atoms with E-state index in [0.29, 0.717) is 0 Å². The van der Waals surface area contributed by atoms with Gasteiger partial charge >= 0.3 is 0 Å². The quantitative estimate of drug-likeness (QED) is 0.488. The van der Waals surface area contributed by atoms with E-state index in [1.54, 1.807) is 11.3 Å². The van der Waals surface area contributed by atoms with E-state index >= 15 is 0 Å². The van der Waals surface area contributed by atoms with Crippen LogP contribution in [0, 0.1) is 0 Å². The molecule has 0 saturated heterocycles. The van der Waals surface area contributed by atoms with E-state index in [9.17, 15) is 0 Å². The number of pyridine rings is 1. The van der Waals surface area contributed by atoms with Crippen LogP contribution in [-0.2, 0) is 0 Å². The first-order chi connectivity index (χ1) is 10.9. The Morgan fingerprint density at radius 3 is 2.45 bits per heavy atom. The molecule has 106 valence electrons. The fourth-order valence-electron chi connectivity index (χ4n) is 2.88. The van der Waals surface area contributed by atoms with Gasteiger partial charge < -0.3 is 0 Å². The van der Waals surface area contributed by atoms with Crippen molar-refractivity contribution in [1.82, 2.24) is 4.98 Å². The molecule has 2 heterocycles. The maximum absolute atomic E-state index is 4.60. The molecule has 1 nitrogen and oxygen atoms in total. The van der Waals surface area contributed by atoms with Gasteiger partial charge in [-0.15, -0.1) is 11.3 Å². The van der Waals surface area contributed by atoms with Gasteiger partial charge in [-0.1, -0.05) is 48.5 Å². The van der Waals surface area contributed by atoms with Gasteiger partial charge in [0.2, 0.25) is 0 Å². The Balaban J connectivity index is 1.90. The van der Waals surface area contributed by atoms with Crippen LogP contribution < -0.4 is 0 Å². The van der Waals surface area contributed by atoms with E-state index in [4.69, 9.17) is 0 Å². The predicted octanol–water partition coefficient (Wildman–Crippen LogP) is 5.48. The van der Waals surface area contributed by atoms with E-state index in [1.807, 2.05) is 12.3 Å². The van der Waals surface area contributed by atoms with Crippen LogP contribution in [0.1, 0.15) is 22.7 Å². The van der Waals surface area contributed by atoms with Gasteiger partial charge in [0.05, 0.1) is 11.6 Å². The summed E-state index contributed by atoms with van der Waals surface area (Å²) in [5.74, 6) is 0.175. The number of aromatic nitrogens is 1. The van der Waals surface area contributed by atoms with Crippen molar-refractivity contribution in [1.29, 1.82) is 0 Å². The summed E-state index contributed by atoms with van der Waals surface area (Å²) in [7, 11) is 0. The van der Waals surface area contributed by atoms with Crippen molar-refractivity contribution in [3.8, 4) is 0 Å². The number of nitrogens with zero attached hydrogens (tertiary/aromatic N) is 1. The van der Waals surface area contributed by atoms with Crippen LogP contribution in [0.5, 0.6) is 0 Å². The minimum Gasteiger partial charge on any atom is -0.260 e. The third-order valence-corrected chi connectivity index (χ3v) is 4.81. The first-order valence-electron chi connectivity index (χ1n) is 7.35. The van der Waals surface area contributed by atoms with E-state index in [-0.39, 0.29) is 5.92 Å². The largest absolute Gasteiger partial charge is 0.260 e. The number of rotatable bonds is 3. The van der Waals surface area contributed by atoms with Crippen molar-refractivity contribution >= 4 is 21.4 Å². The number of thiophene rings is 1. The van der Waals surface area contributed by atoms with E-state index < -0.39 is 0 Å². The summed E-state index contributed by atoms with van der Waals surface area (Å²) < 4.78 is 1.33. The summed E-state index contributed by atoms with van der Waals surface area (Å²) in [5, 5.41) is 3.45. The van der Waals surface area contributed by atoms with Crippen molar-refractivity contribution in [2.24, 2.45) is 0 Å². The highest BCUT2D eigenvalue weighted by Gasteiger charge is 2.18. The van der Waals surface area contributed by atoms with Gasteiger partial charge in [-0.3, -0.25) is 4.98 Å². The first-order valence-corrected chi connectivity index (χ1v) is 8.23. The molecule has 0 saturated carbocycles. The van der Waals surface area contributed by atoms with Crippen molar-refractivity contribution in [3.63, 3.8) is 0 Å². The molecule has 2 aromatic heterocycles. The van der Waals surface area contributed by atoms with Crippen LogP contribution in [0.3, 0.4) is 0 Å². The lowest BCUT2D eigenvalue weighted by Gasteiger charge is -2.17. The second kappa shape index (κ2) is 5.74. The average molecular weight is 301 g/mol. The molecule has 0 aliphatic carbocycles. The third kappa shape index (κ3) is 2.42. The highest BCUT2D eigenvalue weighted by molar-refractivity contribution is 7.17. The maximum Gasteiger partial charge on any atom is 0.0522 e. The summed E-state index contributed by atoms with van der Waals surface area (Å²) in [6.45, 7) is 0. The molecular formula is C20H15NS. The highest BCUT2D eigenvalue weighted by atomic mass is 32.1. The fourth-order valence-corrected chi connectivity index (χ4v) is 3.71. The zero-order chi connectivity index (χ0) is 14.8. The summed E-state index contributed by atoms with van der Waals surface area (Å²) in [5.41, 5.74) is 3.65. The number of hydrogen-bond acceptors (Lipinski definition) is 2. The Hall–Kier alpha value is -2.45. The molecule has 4 aromatic rings. The molecule has 2 aromatic carbocycles. The second-order valence-electron chi connectivity index (χ2n) is 5.32. The summed E-state index contributed by atoms with van der Waals surface area (Å²) in [4.78, 5) is 4.60. The highest BCUT2D eigenvalue weighted by Crippen LogP contribution is 2.33. The van der Waals surface area contributed by atoms with Crippen LogP contribution in [0.4, 0.5) is 0 Å². The van der Waals surface area contributed by atoms with Crippen LogP contribution >= 0.6 is 11.3 Å². The average Bonchev–Trinajstić information content (AvgIpc) is 3.05. The first kappa shape index (κ1) is 13.2. The van der Waals surface area contributed by atoms with E-state index in [2.05, 4.69) is 77.1 Å². The molecule has 22 heavy (non-hydrogen) atoms. The van der Waals surface area contributed by atoms with Crippen molar-refractivity contribution in [2.45, 2.75) is 5.92 Å². The Bertz CT molecular complexity index is 842. The molecule has 1 atom stereocenters. The van der Waals surface area contributed by atoms with Crippen LogP contribution in [0.2, 0.25) is 0 Å². The minimum absolute atomic E-state index is 0.175. The smallest absolute Gasteiger partial charge is 0.0522 e. The lowest BCUT2D eigenvalue weighted by Crippen LogP contribution is -2.05. The standard InChI is InChI=1S/C20H15NS/c1-2-6-16(7-3-1)20(18-8-4-5-12-21-18)17-10-9-15-11-13-22-19(15)14-17/h1-14,20H. The normalized spacial score (nSPS) is 12.4. The number of hydrogen-bond donors (Lipinski definition) is 0. The van der Waals surface area contributed by atoms with Crippen LogP contribution in [0.25, 0.3) is 10.1 Å². The molecule has 2 heteroatoms. The van der Waals surface area contributed by atoms with Crippen molar-refractivity contribution in [2.75, 3.05) is 0 Å². The van der Waals surface area contributed by atoms with E-state index in [1.165, 1.54) is 21.2 Å². The third-order valence-electron chi connectivity index (χ3n) is 3.93. The molecule has 4 rings (SSSR count). The van der Waals surface area contributed by atoms with E-state index in [0.717, 1.165) is 5.69 Å². The molecule has 0 bridgehead atoms. The number of benzene rings is 2. The Morgan fingerprint density at radius 2 is 1.64 bits per heavy atom.